The zero-order valence-electron chi connectivity index (χ0n) is 38.5. The SMILES string of the molecule is Cc1cc(C)c(-c2ccc3c(c2)-c2cc(-c4c(C)cc(C)cc4C)cc(-c4cc(-c5c(C)cc(C)cc5C)cc5c4[nH]c4ccc(-c6c(C)cc(C)cc6C)cc45)c2[NH2+]3)c(C)c1. The lowest BCUT2D eigenvalue weighted by molar-refractivity contribution is -0.472. The highest BCUT2D eigenvalue weighted by atomic mass is 14.9. The Labute approximate surface area is 367 Å². The van der Waals surface area contributed by atoms with Gasteiger partial charge in [-0.3, -0.25) is 5.32 Å². The minimum atomic E-state index is 1.15. The summed E-state index contributed by atoms with van der Waals surface area (Å²) in [4.78, 5) is 4.01. The minimum Gasteiger partial charge on any atom is -0.354 e. The fraction of sp³-hybridized carbons (Fsp3) is 0.200. The molecule has 0 atom stereocenters. The number of hydrogen-bond donors (Lipinski definition) is 2. The van der Waals surface area contributed by atoms with Crippen LogP contribution in [0.3, 0.4) is 0 Å². The standard InChI is InChI=1S/C60H56N2/c1-31-17-35(5)55(36(6)18-31)43-13-15-53-47(25-43)49-27-45(57-39(9)21-33(3)22-40(57)10)29-51(59(49)61-53)52-30-46(58-41(11)23-34(4)24-42(58)12)28-50-48-26-44(14-16-54(48)62-60(50)52)56-37(7)19-32(2)20-38(56)8/h13-30,61-62H,1-12H3/p+1. The summed E-state index contributed by atoms with van der Waals surface area (Å²) in [5.74, 6) is 0. The molecule has 0 amide bonds. The van der Waals surface area contributed by atoms with Gasteiger partial charge in [-0.2, -0.15) is 0 Å². The first-order valence-corrected chi connectivity index (χ1v) is 22.2. The molecule has 1 aliphatic rings. The molecule has 0 aliphatic carbocycles. The number of H-pyrrole nitrogens is 1. The van der Waals surface area contributed by atoms with Crippen LogP contribution in [0, 0.1) is 83.1 Å². The van der Waals surface area contributed by atoms with Crippen molar-refractivity contribution in [3.05, 3.63) is 176 Å². The zero-order valence-corrected chi connectivity index (χ0v) is 38.5. The van der Waals surface area contributed by atoms with Crippen molar-refractivity contribution in [2.24, 2.45) is 0 Å². The van der Waals surface area contributed by atoms with Crippen LogP contribution in [0.1, 0.15) is 66.8 Å². The first-order valence-electron chi connectivity index (χ1n) is 22.2. The van der Waals surface area contributed by atoms with Crippen LogP contribution < -0.4 is 5.32 Å². The molecular formula is C60H57N2+. The second-order valence-electron chi connectivity index (χ2n) is 18.9. The van der Waals surface area contributed by atoms with Gasteiger partial charge in [0, 0.05) is 39.0 Å². The van der Waals surface area contributed by atoms with Crippen molar-refractivity contribution in [1.82, 2.24) is 4.98 Å². The summed E-state index contributed by atoms with van der Waals surface area (Å²) in [6.07, 6.45) is 0. The van der Waals surface area contributed by atoms with E-state index in [0.717, 1.165) is 5.52 Å². The summed E-state index contributed by atoms with van der Waals surface area (Å²) in [7, 11) is 0. The van der Waals surface area contributed by atoms with Crippen molar-refractivity contribution in [2.75, 3.05) is 0 Å². The largest absolute Gasteiger partial charge is 0.354 e. The van der Waals surface area contributed by atoms with Gasteiger partial charge >= 0.3 is 0 Å². The van der Waals surface area contributed by atoms with E-state index >= 15 is 0 Å². The number of nitrogens with two attached hydrogens (primary N) is 1. The van der Waals surface area contributed by atoms with Crippen LogP contribution in [-0.2, 0) is 0 Å². The van der Waals surface area contributed by atoms with Crippen LogP contribution in [0.2, 0.25) is 0 Å². The van der Waals surface area contributed by atoms with Crippen LogP contribution in [0.5, 0.6) is 0 Å². The maximum Gasteiger partial charge on any atom is 0.150 e. The van der Waals surface area contributed by atoms with Gasteiger partial charge in [0.05, 0.1) is 11.1 Å². The first-order chi connectivity index (χ1) is 29.6. The number of hydrogen-bond acceptors (Lipinski definition) is 0. The monoisotopic (exact) mass is 805 g/mol. The Hall–Kier alpha value is -6.48. The van der Waals surface area contributed by atoms with Crippen molar-refractivity contribution in [3.8, 4) is 66.8 Å². The molecule has 0 unspecified atom stereocenters. The van der Waals surface area contributed by atoms with Crippen molar-refractivity contribution in [3.63, 3.8) is 0 Å². The second kappa shape index (κ2) is 14.6. The highest BCUT2D eigenvalue weighted by Gasteiger charge is 2.31. The maximum atomic E-state index is 4.01. The third-order valence-electron chi connectivity index (χ3n) is 13.7. The van der Waals surface area contributed by atoms with Gasteiger partial charge in [-0.25, -0.2) is 0 Å². The Kier molecular flexibility index (Phi) is 9.32. The molecule has 9 aromatic rings. The lowest BCUT2D eigenvalue weighted by atomic mass is 9.86. The van der Waals surface area contributed by atoms with Gasteiger partial charge in [-0.05, 0) is 221 Å². The summed E-state index contributed by atoms with van der Waals surface area (Å²) in [5, 5.41) is 4.95. The molecule has 1 aliphatic heterocycles. The Morgan fingerprint density at radius 1 is 0.323 bits per heavy atom. The molecule has 8 aromatic carbocycles. The van der Waals surface area contributed by atoms with Gasteiger partial charge in [0.25, 0.3) is 0 Å². The number of aromatic nitrogens is 1. The molecule has 2 heterocycles. The van der Waals surface area contributed by atoms with Crippen molar-refractivity contribution >= 4 is 33.2 Å². The van der Waals surface area contributed by atoms with Crippen molar-refractivity contribution in [2.45, 2.75) is 83.1 Å². The van der Waals surface area contributed by atoms with Crippen molar-refractivity contribution < 1.29 is 5.32 Å². The van der Waals surface area contributed by atoms with E-state index in [4.69, 9.17) is 0 Å². The van der Waals surface area contributed by atoms with Gasteiger partial charge in [0.1, 0.15) is 5.69 Å². The lowest BCUT2D eigenvalue weighted by Crippen LogP contribution is -2.69. The normalized spacial score (nSPS) is 12.1. The van der Waals surface area contributed by atoms with Crippen molar-refractivity contribution in [1.29, 1.82) is 0 Å². The van der Waals surface area contributed by atoms with E-state index in [1.165, 1.54) is 161 Å². The van der Waals surface area contributed by atoms with Crippen LogP contribution in [0.4, 0.5) is 11.4 Å². The molecule has 2 heteroatoms. The minimum absolute atomic E-state index is 1.15. The molecule has 10 rings (SSSR count). The highest BCUT2D eigenvalue weighted by molar-refractivity contribution is 6.16. The summed E-state index contributed by atoms with van der Waals surface area (Å²) < 4.78 is 0. The molecule has 1 aromatic heterocycles. The third kappa shape index (κ3) is 6.43. The highest BCUT2D eigenvalue weighted by Crippen LogP contribution is 2.49. The van der Waals surface area contributed by atoms with Gasteiger partial charge in [0.2, 0.25) is 0 Å². The predicted octanol–water partition coefficient (Wildman–Crippen LogP) is 15.9. The topological polar surface area (TPSA) is 32.4 Å². The fourth-order valence-electron chi connectivity index (χ4n) is 11.7. The Balaban J connectivity index is 1.30. The molecule has 62 heavy (non-hydrogen) atoms. The van der Waals surface area contributed by atoms with E-state index in [1.54, 1.807) is 0 Å². The number of nitrogens with one attached hydrogen (secondary N) is 1. The summed E-state index contributed by atoms with van der Waals surface area (Å²) >= 11 is 0. The number of quaternary nitrogens is 1. The van der Waals surface area contributed by atoms with Crippen LogP contribution >= 0.6 is 0 Å². The average Bonchev–Trinajstić information content (AvgIpc) is 3.74. The molecule has 0 bridgehead atoms. The number of fused-ring (bicyclic) bond motifs is 6. The number of rotatable bonds is 5. The molecule has 0 fully saturated rings. The second-order valence-corrected chi connectivity index (χ2v) is 18.9. The summed E-state index contributed by atoms with van der Waals surface area (Å²) in [6, 6.07) is 42.7. The summed E-state index contributed by atoms with van der Waals surface area (Å²) in [5.41, 5.74) is 36.0. The quantitative estimate of drug-likeness (QED) is 0.162. The Bertz CT molecular complexity index is 3290. The number of benzene rings is 8. The van der Waals surface area contributed by atoms with Crippen LogP contribution in [0.15, 0.2) is 109 Å². The van der Waals surface area contributed by atoms with E-state index in [-0.39, 0.29) is 0 Å². The summed E-state index contributed by atoms with van der Waals surface area (Å²) in [6.45, 7) is 26.9. The van der Waals surface area contributed by atoms with E-state index in [1.807, 2.05) is 0 Å². The lowest BCUT2D eigenvalue weighted by Gasteiger charge is -2.17. The zero-order chi connectivity index (χ0) is 43.5. The molecule has 0 spiro atoms. The van der Waals surface area contributed by atoms with E-state index in [2.05, 4.69) is 203 Å². The number of aryl methyl sites for hydroxylation is 12. The molecule has 3 N–H and O–H groups in total. The smallest absolute Gasteiger partial charge is 0.150 e. The molecular weight excluding hydrogens is 749 g/mol. The molecule has 2 nitrogen and oxygen atoms in total. The number of aromatic amines is 1. The Morgan fingerprint density at radius 3 is 1.16 bits per heavy atom. The predicted molar refractivity (Wildman–Crippen MR) is 267 cm³/mol. The third-order valence-corrected chi connectivity index (χ3v) is 13.7. The average molecular weight is 806 g/mol. The van der Waals surface area contributed by atoms with Gasteiger partial charge in [-0.1, -0.05) is 76.9 Å². The molecule has 0 saturated heterocycles. The maximum absolute atomic E-state index is 4.01. The van der Waals surface area contributed by atoms with E-state index in [0.29, 0.717) is 0 Å². The molecule has 0 radical (unpaired) electrons. The molecule has 0 saturated carbocycles. The van der Waals surface area contributed by atoms with E-state index in [9.17, 15) is 0 Å². The Morgan fingerprint density at radius 2 is 0.677 bits per heavy atom. The van der Waals surface area contributed by atoms with Crippen LogP contribution in [0.25, 0.3) is 88.6 Å². The van der Waals surface area contributed by atoms with Gasteiger partial charge < -0.3 is 4.98 Å². The molecule has 306 valence electrons. The first kappa shape index (κ1) is 39.6. The van der Waals surface area contributed by atoms with E-state index < -0.39 is 0 Å². The van der Waals surface area contributed by atoms with Gasteiger partial charge in [-0.15, -0.1) is 0 Å². The van der Waals surface area contributed by atoms with Gasteiger partial charge in [0.15, 0.2) is 5.69 Å². The fourth-order valence-corrected chi connectivity index (χ4v) is 11.7. The van der Waals surface area contributed by atoms with Crippen LogP contribution in [-0.4, -0.2) is 4.98 Å².